The van der Waals surface area contributed by atoms with Crippen molar-refractivity contribution in [2.24, 2.45) is 5.92 Å². The van der Waals surface area contributed by atoms with Gasteiger partial charge in [0.25, 0.3) is 5.91 Å². The molecule has 1 unspecified atom stereocenters. The van der Waals surface area contributed by atoms with E-state index in [4.69, 9.17) is 5.73 Å². The fourth-order valence-electron chi connectivity index (χ4n) is 2.52. The highest BCUT2D eigenvalue weighted by Gasteiger charge is 2.15. The van der Waals surface area contributed by atoms with E-state index in [-0.39, 0.29) is 5.91 Å². The molecule has 0 aromatic carbocycles. The Kier molecular flexibility index (Phi) is 4.66. The van der Waals surface area contributed by atoms with Crippen LogP contribution in [0.1, 0.15) is 43.1 Å². The van der Waals surface area contributed by atoms with E-state index in [0.29, 0.717) is 17.3 Å². The van der Waals surface area contributed by atoms with Gasteiger partial charge in [0.15, 0.2) is 0 Å². The lowest BCUT2D eigenvalue weighted by atomic mass is 9.94. The fraction of sp³-hybridized carbons (Fsp3) is 0.533. The maximum atomic E-state index is 12.2. The van der Waals surface area contributed by atoms with Gasteiger partial charge in [0.05, 0.1) is 5.69 Å². The molecule has 0 radical (unpaired) electrons. The highest BCUT2D eigenvalue weighted by atomic mass is 16.1. The number of hydrogen-bond donors (Lipinski definition) is 2. The Hall–Kier alpha value is -1.71. The van der Waals surface area contributed by atoms with Gasteiger partial charge in [-0.3, -0.25) is 4.79 Å². The molecule has 1 aliphatic carbocycles. The number of rotatable bonds is 5. The van der Waals surface area contributed by atoms with Crippen LogP contribution in [0, 0.1) is 5.92 Å². The van der Waals surface area contributed by atoms with Gasteiger partial charge < -0.3 is 15.6 Å². The topological polar surface area (TPSA) is 60.0 Å². The molecule has 1 aromatic heterocycles. The van der Waals surface area contributed by atoms with E-state index in [1.54, 1.807) is 6.07 Å². The number of amides is 1. The Bertz CT molecular complexity index is 462. The second kappa shape index (κ2) is 6.45. The summed E-state index contributed by atoms with van der Waals surface area (Å²) in [5.74, 6) is 0.556. The van der Waals surface area contributed by atoms with Gasteiger partial charge in [-0.05, 0) is 37.7 Å². The van der Waals surface area contributed by atoms with Crippen molar-refractivity contribution >= 4 is 11.6 Å². The van der Waals surface area contributed by atoms with Gasteiger partial charge in [-0.2, -0.15) is 0 Å². The number of hydrogen-bond acceptors (Lipinski definition) is 2. The second-order valence-electron chi connectivity index (χ2n) is 5.21. The van der Waals surface area contributed by atoms with Crippen LogP contribution in [0.2, 0.25) is 0 Å². The van der Waals surface area contributed by atoms with Crippen LogP contribution in [0.4, 0.5) is 5.69 Å². The van der Waals surface area contributed by atoms with Gasteiger partial charge in [0, 0.05) is 19.3 Å². The number of nitrogens with two attached hydrogens (primary N) is 1. The summed E-state index contributed by atoms with van der Waals surface area (Å²) in [6, 6.07) is 1.76. The van der Waals surface area contributed by atoms with Crippen molar-refractivity contribution in [2.75, 3.05) is 12.3 Å². The molecule has 1 amide bonds. The zero-order valence-corrected chi connectivity index (χ0v) is 11.6. The summed E-state index contributed by atoms with van der Waals surface area (Å²) in [6.45, 7) is 3.67. The molecule has 4 nitrogen and oxygen atoms in total. The van der Waals surface area contributed by atoms with Gasteiger partial charge in [-0.25, -0.2) is 0 Å². The molecular formula is C15H23N3O. The highest BCUT2D eigenvalue weighted by molar-refractivity contribution is 5.93. The molecule has 0 spiro atoms. The van der Waals surface area contributed by atoms with Gasteiger partial charge in [0.2, 0.25) is 0 Å². The van der Waals surface area contributed by atoms with E-state index in [0.717, 1.165) is 38.8 Å². The molecule has 0 saturated carbocycles. The molecule has 0 aliphatic heterocycles. The molecule has 1 aromatic rings. The molecule has 2 rings (SSSR count). The van der Waals surface area contributed by atoms with E-state index in [2.05, 4.69) is 24.4 Å². The van der Waals surface area contributed by atoms with Crippen LogP contribution in [0.25, 0.3) is 0 Å². The Morgan fingerprint density at radius 3 is 3.05 bits per heavy atom. The number of aromatic nitrogens is 1. The van der Waals surface area contributed by atoms with Crippen molar-refractivity contribution in [3.05, 3.63) is 30.1 Å². The van der Waals surface area contributed by atoms with E-state index in [1.165, 1.54) is 0 Å². The van der Waals surface area contributed by atoms with Crippen LogP contribution in [0.3, 0.4) is 0 Å². The lowest BCUT2D eigenvalue weighted by Crippen LogP contribution is -2.31. The zero-order chi connectivity index (χ0) is 13.7. The zero-order valence-electron chi connectivity index (χ0n) is 11.6. The Balaban J connectivity index is 1.93. The van der Waals surface area contributed by atoms with Crippen molar-refractivity contribution in [2.45, 2.75) is 39.2 Å². The number of aryl methyl sites for hydroxylation is 1. The minimum Gasteiger partial charge on any atom is -0.397 e. The first-order valence-electron chi connectivity index (χ1n) is 7.09. The molecule has 1 heterocycles. The molecule has 104 valence electrons. The minimum absolute atomic E-state index is 0.0142. The maximum Gasteiger partial charge on any atom is 0.267 e. The third-order valence-corrected chi connectivity index (χ3v) is 3.54. The first kappa shape index (κ1) is 13.7. The van der Waals surface area contributed by atoms with Gasteiger partial charge in [-0.15, -0.1) is 0 Å². The van der Waals surface area contributed by atoms with Crippen LogP contribution in [-0.4, -0.2) is 17.0 Å². The smallest absolute Gasteiger partial charge is 0.267 e. The average Bonchev–Trinajstić information content (AvgIpc) is 2.79. The van der Waals surface area contributed by atoms with Gasteiger partial charge >= 0.3 is 0 Å². The third-order valence-electron chi connectivity index (χ3n) is 3.54. The van der Waals surface area contributed by atoms with Crippen molar-refractivity contribution in [3.63, 3.8) is 0 Å². The van der Waals surface area contributed by atoms with Crippen LogP contribution < -0.4 is 11.1 Å². The average molecular weight is 261 g/mol. The Morgan fingerprint density at radius 2 is 2.37 bits per heavy atom. The number of nitrogens with zero attached hydrogens (tertiary/aromatic N) is 1. The summed E-state index contributed by atoms with van der Waals surface area (Å²) < 4.78 is 1.94. The molecule has 0 saturated heterocycles. The number of nitrogens with one attached hydrogen (secondary N) is 1. The maximum absolute atomic E-state index is 12.2. The van der Waals surface area contributed by atoms with E-state index in [9.17, 15) is 4.79 Å². The van der Waals surface area contributed by atoms with Crippen molar-refractivity contribution in [3.8, 4) is 0 Å². The quantitative estimate of drug-likeness (QED) is 0.800. The lowest BCUT2D eigenvalue weighted by Gasteiger charge is -2.18. The Morgan fingerprint density at radius 1 is 1.53 bits per heavy atom. The van der Waals surface area contributed by atoms with Gasteiger partial charge in [0.1, 0.15) is 5.69 Å². The standard InChI is InChI=1S/C15H23N3O/c1-2-8-18-11-13(16)9-14(18)15(19)17-10-12-6-4-3-5-7-12/h3-4,9,11-12H,2,5-8,10,16H2,1H3,(H,17,19). The Labute approximate surface area is 114 Å². The van der Waals surface area contributed by atoms with Crippen molar-refractivity contribution < 1.29 is 4.79 Å². The first-order chi connectivity index (χ1) is 9.20. The summed E-state index contributed by atoms with van der Waals surface area (Å²) in [6.07, 6.45) is 10.6. The van der Waals surface area contributed by atoms with Crippen LogP contribution >= 0.6 is 0 Å². The molecule has 19 heavy (non-hydrogen) atoms. The fourth-order valence-corrected chi connectivity index (χ4v) is 2.52. The second-order valence-corrected chi connectivity index (χ2v) is 5.21. The summed E-state index contributed by atoms with van der Waals surface area (Å²) >= 11 is 0. The summed E-state index contributed by atoms with van der Waals surface area (Å²) in [5.41, 5.74) is 7.10. The molecule has 0 fully saturated rings. The first-order valence-corrected chi connectivity index (χ1v) is 7.09. The van der Waals surface area contributed by atoms with Crippen LogP contribution in [0.5, 0.6) is 0 Å². The van der Waals surface area contributed by atoms with Crippen LogP contribution in [0.15, 0.2) is 24.4 Å². The van der Waals surface area contributed by atoms with E-state index >= 15 is 0 Å². The number of anilines is 1. The SMILES string of the molecule is CCCn1cc(N)cc1C(=O)NCC1CC=CCC1. The van der Waals surface area contributed by atoms with E-state index < -0.39 is 0 Å². The number of carbonyl (C=O) groups is 1. The van der Waals surface area contributed by atoms with E-state index in [1.807, 2.05) is 10.8 Å². The lowest BCUT2D eigenvalue weighted by molar-refractivity contribution is 0.0937. The summed E-state index contributed by atoms with van der Waals surface area (Å²) in [4.78, 5) is 12.2. The van der Waals surface area contributed by atoms with Crippen molar-refractivity contribution in [1.29, 1.82) is 0 Å². The van der Waals surface area contributed by atoms with Crippen molar-refractivity contribution in [1.82, 2.24) is 9.88 Å². The molecule has 0 bridgehead atoms. The normalized spacial score (nSPS) is 18.5. The predicted molar refractivity (Wildman–Crippen MR) is 77.9 cm³/mol. The number of carbonyl (C=O) groups excluding carboxylic acids is 1. The molecule has 1 aliphatic rings. The molecule has 3 N–H and O–H groups in total. The summed E-state index contributed by atoms with van der Waals surface area (Å²) in [7, 11) is 0. The highest BCUT2D eigenvalue weighted by Crippen LogP contribution is 2.17. The number of nitrogen functional groups attached to an aromatic ring is 1. The largest absolute Gasteiger partial charge is 0.397 e. The van der Waals surface area contributed by atoms with Gasteiger partial charge in [-0.1, -0.05) is 19.1 Å². The monoisotopic (exact) mass is 261 g/mol. The summed E-state index contributed by atoms with van der Waals surface area (Å²) in [5, 5.41) is 3.03. The number of allylic oxidation sites excluding steroid dienone is 2. The molecular weight excluding hydrogens is 238 g/mol. The minimum atomic E-state index is -0.0142. The third kappa shape index (κ3) is 3.63. The molecule has 4 heteroatoms. The van der Waals surface area contributed by atoms with Crippen LogP contribution in [-0.2, 0) is 6.54 Å². The predicted octanol–water partition coefficient (Wildman–Crippen LogP) is 2.57. The molecule has 1 atom stereocenters.